The number of hydrogen-bond acceptors (Lipinski definition) is 5. The van der Waals surface area contributed by atoms with Crippen molar-refractivity contribution in [1.82, 2.24) is 19.8 Å². The van der Waals surface area contributed by atoms with Crippen LogP contribution in [0.5, 0.6) is 0 Å². The normalized spacial score (nSPS) is 19.9. The Labute approximate surface area is 184 Å². The first-order valence-corrected chi connectivity index (χ1v) is 11.4. The van der Waals surface area contributed by atoms with E-state index in [0.29, 0.717) is 31.1 Å². The summed E-state index contributed by atoms with van der Waals surface area (Å²) in [5, 5.41) is 3.40. The molecule has 2 aromatic rings. The number of rotatable bonds is 4. The second kappa shape index (κ2) is 9.64. The largest absolute Gasteiger partial charge is 0.370 e. The third-order valence-electron chi connectivity index (χ3n) is 6.47. The first-order chi connectivity index (χ1) is 15.0. The maximum absolute atomic E-state index is 13.4. The lowest BCUT2D eigenvalue weighted by atomic mass is 9.99. The lowest BCUT2D eigenvalue weighted by Crippen LogP contribution is -2.41. The first kappa shape index (κ1) is 21.6. The fourth-order valence-corrected chi connectivity index (χ4v) is 4.69. The number of aryl methyl sites for hydroxylation is 2. The molecule has 0 radical (unpaired) electrons. The number of amides is 1. The van der Waals surface area contributed by atoms with Gasteiger partial charge in [-0.1, -0.05) is 0 Å². The van der Waals surface area contributed by atoms with Gasteiger partial charge < -0.3 is 19.7 Å². The van der Waals surface area contributed by atoms with E-state index in [1.54, 1.807) is 4.57 Å². The van der Waals surface area contributed by atoms with Gasteiger partial charge in [-0.05, 0) is 75.9 Å². The number of nitrogens with one attached hydrogen (secondary N) is 1. The Kier molecular flexibility index (Phi) is 6.70. The molecule has 166 valence electrons. The molecule has 2 saturated heterocycles. The van der Waals surface area contributed by atoms with Crippen molar-refractivity contribution in [2.24, 2.45) is 5.92 Å². The fraction of sp³-hybridized carbons (Fsp3) is 0.542. The number of aromatic nitrogens is 2. The maximum Gasteiger partial charge on any atom is 0.263 e. The van der Waals surface area contributed by atoms with Crippen molar-refractivity contribution in [3.8, 4) is 0 Å². The Hall–Kier alpha value is -2.67. The number of anilines is 1. The molecule has 2 aromatic heterocycles. The number of carbonyl (C=O) groups excluding carboxylic acids is 1. The van der Waals surface area contributed by atoms with Crippen LogP contribution in [0.1, 0.15) is 40.9 Å². The molecule has 0 bridgehead atoms. The summed E-state index contributed by atoms with van der Waals surface area (Å²) in [5.41, 5.74) is 3.07. The van der Waals surface area contributed by atoms with Gasteiger partial charge >= 0.3 is 0 Å². The highest BCUT2D eigenvalue weighted by molar-refractivity contribution is 5.95. The van der Waals surface area contributed by atoms with Crippen LogP contribution in [0.2, 0.25) is 0 Å². The molecule has 0 saturated carbocycles. The van der Waals surface area contributed by atoms with Crippen LogP contribution < -0.4 is 15.8 Å². The summed E-state index contributed by atoms with van der Waals surface area (Å²) in [4.78, 5) is 35.1. The predicted octanol–water partition coefficient (Wildman–Crippen LogP) is 2.21. The van der Waals surface area contributed by atoms with E-state index < -0.39 is 0 Å². The van der Waals surface area contributed by atoms with Gasteiger partial charge in [-0.2, -0.15) is 0 Å². The van der Waals surface area contributed by atoms with E-state index in [1.807, 2.05) is 43.3 Å². The molecule has 0 spiro atoms. The van der Waals surface area contributed by atoms with Crippen LogP contribution in [0.25, 0.3) is 0 Å². The lowest BCUT2D eigenvalue weighted by Gasteiger charge is -2.25. The average molecular weight is 424 g/mol. The standard InChI is InChI=1S/C24H33N5O2/c1-18-7-12-29(17-20-5-3-8-25-16-20)24(31)22(18)23(30)28-11-4-10-27(13-14-28)21-6-9-26-19(2)15-21/h6-7,9,12,15,20,25H,3-5,8,10-11,13-14,16-17H2,1-2H3. The van der Waals surface area contributed by atoms with Gasteiger partial charge in [-0.25, -0.2) is 0 Å². The number of pyridine rings is 2. The molecular weight excluding hydrogens is 390 g/mol. The maximum atomic E-state index is 13.4. The molecule has 2 aliphatic heterocycles. The Bertz CT molecular complexity index is 980. The van der Waals surface area contributed by atoms with Gasteiger partial charge in [0.05, 0.1) is 0 Å². The van der Waals surface area contributed by atoms with E-state index in [2.05, 4.69) is 21.3 Å². The lowest BCUT2D eigenvalue weighted by molar-refractivity contribution is 0.0763. The van der Waals surface area contributed by atoms with Crippen molar-refractivity contribution >= 4 is 11.6 Å². The SMILES string of the molecule is Cc1cc(N2CCCN(C(=O)c3c(C)ccn(CC4CCCNC4)c3=O)CC2)ccn1. The summed E-state index contributed by atoms with van der Waals surface area (Å²) < 4.78 is 1.74. The molecule has 4 heterocycles. The third-order valence-corrected chi connectivity index (χ3v) is 6.47. The fourth-order valence-electron chi connectivity index (χ4n) is 4.69. The highest BCUT2D eigenvalue weighted by Gasteiger charge is 2.25. The van der Waals surface area contributed by atoms with E-state index in [9.17, 15) is 9.59 Å². The highest BCUT2D eigenvalue weighted by atomic mass is 16.2. The van der Waals surface area contributed by atoms with Crippen LogP contribution in [0.4, 0.5) is 5.69 Å². The smallest absolute Gasteiger partial charge is 0.263 e. The van der Waals surface area contributed by atoms with Crippen LogP contribution in [-0.4, -0.2) is 59.6 Å². The van der Waals surface area contributed by atoms with Crippen LogP contribution in [-0.2, 0) is 6.54 Å². The molecule has 2 aliphatic rings. The average Bonchev–Trinajstić information content (AvgIpc) is 3.03. The predicted molar refractivity (Wildman–Crippen MR) is 123 cm³/mol. The van der Waals surface area contributed by atoms with Crippen LogP contribution >= 0.6 is 0 Å². The van der Waals surface area contributed by atoms with Crippen LogP contribution in [0, 0.1) is 19.8 Å². The minimum Gasteiger partial charge on any atom is -0.370 e. The van der Waals surface area contributed by atoms with Gasteiger partial charge in [0.2, 0.25) is 0 Å². The van der Waals surface area contributed by atoms with Gasteiger partial charge in [-0.3, -0.25) is 14.6 Å². The summed E-state index contributed by atoms with van der Waals surface area (Å²) in [6.07, 6.45) is 6.81. The summed E-state index contributed by atoms with van der Waals surface area (Å²) in [5.74, 6) is 0.305. The van der Waals surface area contributed by atoms with Gasteiger partial charge in [-0.15, -0.1) is 0 Å². The van der Waals surface area contributed by atoms with E-state index >= 15 is 0 Å². The summed E-state index contributed by atoms with van der Waals surface area (Å²) in [6, 6.07) is 6.01. The second-order valence-electron chi connectivity index (χ2n) is 8.83. The van der Waals surface area contributed by atoms with E-state index in [1.165, 1.54) is 0 Å². The molecule has 1 atom stereocenters. The molecule has 1 N–H and O–H groups in total. The molecule has 1 amide bonds. The van der Waals surface area contributed by atoms with Crippen molar-refractivity contribution in [3.05, 3.63) is 57.8 Å². The number of nitrogens with zero attached hydrogens (tertiary/aromatic N) is 4. The molecule has 0 aromatic carbocycles. The zero-order valence-corrected chi connectivity index (χ0v) is 18.6. The number of carbonyl (C=O) groups is 1. The minimum atomic E-state index is -0.151. The van der Waals surface area contributed by atoms with Crippen molar-refractivity contribution < 1.29 is 4.79 Å². The molecule has 7 nitrogen and oxygen atoms in total. The number of piperidine rings is 1. The first-order valence-electron chi connectivity index (χ1n) is 11.4. The van der Waals surface area contributed by atoms with E-state index in [4.69, 9.17) is 0 Å². The zero-order valence-electron chi connectivity index (χ0n) is 18.6. The Morgan fingerprint density at radius 1 is 1.16 bits per heavy atom. The Morgan fingerprint density at radius 3 is 2.81 bits per heavy atom. The van der Waals surface area contributed by atoms with Gasteiger partial charge in [0.25, 0.3) is 11.5 Å². The van der Waals surface area contributed by atoms with Crippen molar-refractivity contribution in [1.29, 1.82) is 0 Å². The van der Waals surface area contributed by atoms with Crippen molar-refractivity contribution in [2.75, 3.05) is 44.2 Å². The van der Waals surface area contributed by atoms with Crippen molar-refractivity contribution in [3.63, 3.8) is 0 Å². The van der Waals surface area contributed by atoms with Crippen LogP contribution in [0.3, 0.4) is 0 Å². The molecule has 2 fully saturated rings. The third kappa shape index (κ3) is 4.98. The molecule has 0 aliphatic carbocycles. The van der Waals surface area contributed by atoms with E-state index in [-0.39, 0.29) is 11.5 Å². The quantitative estimate of drug-likeness (QED) is 0.817. The van der Waals surface area contributed by atoms with Crippen molar-refractivity contribution in [2.45, 2.75) is 39.7 Å². The molecule has 1 unspecified atom stereocenters. The van der Waals surface area contributed by atoms with Gasteiger partial charge in [0.1, 0.15) is 5.56 Å². The highest BCUT2D eigenvalue weighted by Crippen LogP contribution is 2.18. The molecule has 4 rings (SSSR count). The molecular formula is C24H33N5O2. The molecule has 7 heteroatoms. The zero-order chi connectivity index (χ0) is 21.8. The Balaban J connectivity index is 1.49. The second-order valence-corrected chi connectivity index (χ2v) is 8.83. The monoisotopic (exact) mass is 423 g/mol. The molecule has 31 heavy (non-hydrogen) atoms. The summed E-state index contributed by atoms with van der Waals surface area (Å²) >= 11 is 0. The minimum absolute atomic E-state index is 0.133. The van der Waals surface area contributed by atoms with E-state index in [0.717, 1.165) is 62.4 Å². The summed E-state index contributed by atoms with van der Waals surface area (Å²) in [6.45, 7) is 9.42. The Morgan fingerprint density at radius 2 is 2.03 bits per heavy atom. The summed E-state index contributed by atoms with van der Waals surface area (Å²) in [7, 11) is 0. The van der Waals surface area contributed by atoms with Gasteiger partial charge in [0, 0.05) is 56.5 Å². The number of hydrogen-bond donors (Lipinski definition) is 1. The van der Waals surface area contributed by atoms with Crippen LogP contribution in [0.15, 0.2) is 35.4 Å². The topological polar surface area (TPSA) is 70.5 Å². The van der Waals surface area contributed by atoms with Gasteiger partial charge in [0.15, 0.2) is 0 Å².